The van der Waals surface area contributed by atoms with Gasteiger partial charge in [-0.3, -0.25) is 9.89 Å². The Labute approximate surface area is 239 Å². The number of alkyl halides is 1. The first-order chi connectivity index (χ1) is 18.9. The molecule has 2 N–H and O–H groups in total. The van der Waals surface area contributed by atoms with E-state index < -0.39 is 12.1 Å². The van der Waals surface area contributed by atoms with Crippen molar-refractivity contribution in [1.29, 1.82) is 0 Å². The maximum Gasteiger partial charge on any atom is 0.337 e. The predicted octanol–water partition coefficient (Wildman–Crippen LogP) is 3.38. The van der Waals surface area contributed by atoms with Gasteiger partial charge in [0, 0.05) is 47.9 Å². The Morgan fingerprint density at radius 3 is 2.77 bits per heavy atom. The van der Waals surface area contributed by atoms with Gasteiger partial charge < -0.3 is 24.7 Å². The van der Waals surface area contributed by atoms with Crippen molar-refractivity contribution in [3.63, 3.8) is 0 Å². The number of aliphatic hydroxyl groups is 1. The number of ether oxygens (including phenoxy) is 2. The first-order valence-corrected chi connectivity index (χ1v) is 13.9. The fourth-order valence-corrected chi connectivity index (χ4v) is 4.78. The molecule has 1 aromatic heterocycles. The van der Waals surface area contributed by atoms with Gasteiger partial charge in [-0.2, -0.15) is 0 Å². The quantitative estimate of drug-likeness (QED) is 0.246. The number of carbonyl (C=O) groups is 2. The molecule has 39 heavy (non-hydrogen) atoms. The predicted molar refractivity (Wildman–Crippen MR) is 149 cm³/mol. The maximum absolute atomic E-state index is 14.6. The normalized spacial score (nSPS) is 19.0. The van der Waals surface area contributed by atoms with Crippen LogP contribution in [-0.2, 0) is 19.1 Å². The van der Waals surface area contributed by atoms with E-state index in [1.807, 2.05) is 10.3 Å². The first-order valence-electron chi connectivity index (χ1n) is 12.2. The van der Waals surface area contributed by atoms with Crippen molar-refractivity contribution in [1.82, 2.24) is 15.2 Å². The molecule has 1 saturated heterocycles. The number of aromatic nitrogens is 1. The van der Waals surface area contributed by atoms with E-state index in [0.29, 0.717) is 42.9 Å². The molecular formula is C26H33BrF2N4O5S. The highest BCUT2D eigenvalue weighted by atomic mass is 79.9. The number of carbonyl (C=O) groups excluding carboxylic acids is 2. The van der Waals surface area contributed by atoms with E-state index in [-0.39, 0.29) is 44.6 Å². The molecule has 1 aromatic carbocycles. The monoisotopic (exact) mass is 630 g/mol. The lowest BCUT2D eigenvalue weighted by atomic mass is 9.95. The molecule has 214 valence electrons. The molecule has 0 spiro atoms. The number of nitrogens with one attached hydrogen (secondary N) is 1. The summed E-state index contributed by atoms with van der Waals surface area (Å²) in [5.41, 5.74) is 1.13. The largest absolute Gasteiger partial charge is 0.463 e. The molecule has 3 heterocycles. The highest BCUT2D eigenvalue weighted by molar-refractivity contribution is 9.10. The molecular weight excluding hydrogens is 598 g/mol. The van der Waals surface area contributed by atoms with Crippen LogP contribution in [0.4, 0.5) is 8.78 Å². The van der Waals surface area contributed by atoms with E-state index in [9.17, 15) is 18.4 Å². The van der Waals surface area contributed by atoms with Crippen molar-refractivity contribution < 1.29 is 33.0 Å². The number of aldehydes is 1. The van der Waals surface area contributed by atoms with Gasteiger partial charge in [-0.1, -0.05) is 22.0 Å². The van der Waals surface area contributed by atoms with Crippen LogP contribution in [0.1, 0.15) is 18.4 Å². The Bertz CT molecular complexity index is 1090. The van der Waals surface area contributed by atoms with Crippen molar-refractivity contribution in [3.05, 3.63) is 62.4 Å². The molecule has 2 atom stereocenters. The van der Waals surface area contributed by atoms with Crippen LogP contribution in [0.15, 0.2) is 56.6 Å². The number of piperidine rings is 1. The number of thiazole rings is 1. The molecule has 0 bridgehead atoms. The summed E-state index contributed by atoms with van der Waals surface area (Å²) in [6.07, 6.45) is 1.93. The van der Waals surface area contributed by atoms with Crippen molar-refractivity contribution >= 4 is 45.4 Å². The van der Waals surface area contributed by atoms with Crippen molar-refractivity contribution in [3.8, 4) is 0 Å². The van der Waals surface area contributed by atoms with Gasteiger partial charge in [0.25, 0.3) is 0 Å². The number of aliphatic imine (C=N–C) groups is 1. The fourth-order valence-electron chi connectivity index (χ4n) is 3.81. The lowest BCUT2D eigenvalue weighted by Gasteiger charge is -2.35. The van der Waals surface area contributed by atoms with Gasteiger partial charge in [-0.25, -0.2) is 18.6 Å². The SMILES string of the molecule is CCOC(=O)C1=C(CN2CCC(COCC=O)C(F)C2)NC(c2nccs2)=NC1.CO.Fc1cccc(Br)c1. The van der Waals surface area contributed by atoms with Gasteiger partial charge >= 0.3 is 5.97 Å². The topological polar surface area (TPSA) is 113 Å². The van der Waals surface area contributed by atoms with E-state index in [1.54, 1.807) is 25.3 Å². The molecule has 2 aliphatic rings. The molecule has 1 fully saturated rings. The molecule has 13 heteroatoms. The molecule has 0 saturated carbocycles. The van der Waals surface area contributed by atoms with Crippen LogP contribution in [0.2, 0.25) is 0 Å². The average Bonchev–Trinajstić information content (AvgIpc) is 3.47. The van der Waals surface area contributed by atoms with Gasteiger partial charge in [0.1, 0.15) is 24.9 Å². The van der Waals surface area contributed by atoms with Crippen LogP contribution < -0.4 is 5.32 Å². The summed E-state index contributed by atoms with van der Waals surface area (Å²) in [5, 5.41) is 12.8. The summed E-state index contributed by atoms with van der Waals surface area (Å²) < 4.78 is 37.8. The second-order valence-electron chi connectivity index (χ2n) is 8.25. The molecule has 0 aliphatic carbocycles. The zero-order valence-corrected chi connectivity index (χ0v) is 24.2. The van der Waals surface area contributed by atoms with E-state index in [0.717, 1.165) is 16.6 Å². The van der Waals surface area contributed by atoms with Crippen molar-refractivity contribution in [2.45, 2.75) is 19.5 Å². The molecule has 0 radical (unpaired) electrons. The smallest absolute Gasteiger partial charge is 0.337 e. The Hall–Kier alpha value is -2.58. The number of amidine groups is 1. The van der Waals surface area contributed by atoms with E-state index in [1.165, 1.54) is 23.5 Å². The van der Waals surface area contributed by atoms with Gasteiger partial charge in [0.05, 0.1) is 25.3 Å². The summed E-state index contributed by atoms with van der Waals surface area (Å²) in [6, 6.07) is 6.26. The highest BCUT2D eigenvalue weighted by Crippen LogP contribution is 2.23. The van der Waals surface area contributed by atoms with Gasteiger partial charge in [0.15, 0.2) is 10.8 Å². The average molecular weight is 632 g/mol. The summed E-state index contributed by atoms with van der Waals surface area (Å²) in [7, 11) is 1.00. The maximum atomic E-state index is 14.6. The summed E-state index contributed by atoms with van der Waals surface area (Å²) in [5.74, 6) is -0.237. The van der Waals surface area contributed by atoms with Crippen molar-refractivity contribution in [2.24, 2.45) is 10.9 Å². The zero-order valence-electron chi connectivity index (χ0n) is 21.8. The first kappa shape index (κ1) is 32.6. The number of hydrogen-bond donors (Lipinski definition) is 2. The van der Waals surface area contributed by atoms with Crippen LogP contribution in [0.5, 0.6) is 0 Å². The second-order valence-corrected chi connectivity index (χ2v) is 10.1. The fraction of sp³-hybridized carbons (Fsp3) is 0.462. The Morgan fingerprint density at radius 2 is 2.18 bits per heavy atom. The van der Waals surface area contributed by atoms with Crippen LogP contribution >= 0.6 is 27.3 Å². The number of benzene rings is 1. The van der Waals surface area contributed by atoms with Crippen LogP contribution in [0.3, 0.4) is 0 Å². The lowest BCUT2D eigenvalue weighted by Crippen LogP contribution is -2.46. The number of nitrogens with zero attached hydrogens (tertiary/aromatic N) is 3. The van der Waals surface area contributed by atoms with E-state index in [4.69, 9.17) is 14.6 Å². The van der Waals surface area contributed by atoms with E-state index in [2.05, 4.69) is 31.2 Å². The number of rotatable bonds is 9. The minimum Gasteiger partial charge on any atom is -0.463 e. The minimum atomic E-state index is -1.06. The lowest BCUT2D eigenvalue weighted by molar-refractivity contribution is -0.138. The number of hydrogen-bond acceptors (Lipinski definition) is 10. The Morgan fingerprint density at radius 1 is 1.38 bits per heavy atom. The summed E-state index contributed by atoms with van der Waals surface area (Å²) in [4.78, 5) is 33.4. The molecule has 0 amide bonds. The number of esters is 1. The Balaban J connectivity index is 0.000000451. The molecule has 2 aliphatic heterocycles. The number of halogens is 3. The van der Waals surface area contributed by atoms with Gasteiger partial charge in [-0.05, 0) is 38.1 Å². The van der Waals surface area contributed by atoms with Gasteiger partial charge in [0.2, 0.25) is 0 Å². The third-order valence-corrected chi connectivity index (χ3v) is 6.91. The van der Waals surface area contributed by atoms with Crippen LogP contribution in [0, 0.1) is 11.7 Å². The summed E-state index contributed by atoms with van der Waals surface area (Å²) in [6.45, 7) is 3.75. The third kappa shape index (κ3) is 10.8. The van der Waals surface area contributed by atoms with Crippen molar-refractivity contribution in [2.75, 3.05) is 53.1 Å². The summed E-state index contributed by atoms with van der Waals surface area (Å²) >= 11 is 4.57. The molecule has 2 aromatic rings. The van der Waals surface area contributed by atoms with Crippen LogP contribution in [-0.4, -0.2) is 92.4 Å². The minimum absolute atomic E-state index is 0.00843. The van der Waals surface area contributed by atoms with E-state index >= 15 is 0 Å². The van der Waals surface area contributed by atoms with Crippen LogP contribution in [0.25, 0.3) is 0 Å². The van der Waals surface area contributed by atoms with Gasteiger partial charge in [-0.15, -0.1) is 11.3 Å². The molecule has 4 rings (SSSR count). The third-order valence-electron chi connectivity index (χ3n) is 5.63. The second kappa shape index (κ2) is 17.9. The number of aliphatic hydroxyl groups excluding tert-OH is 1. The standard InChI is InChI=1S/C19H25FN4O4S.C6H4BrF.CH4O/c1-2-28-19(26)14-9-22-17(18-21-4-8-29-18)23-16(14)11-24-5-3-13(15(20)10-24)12-27-7-6-25;7-5-2-1-3-6(8)4-5;1-2/h4,6,8,13,15H,2-3,5,7,9-12H2,1H3,(H,22,23);1-4H;2H,1H3. The highest BCUT2D eigenvalue weighted by Gasteiger charge is 2.31. The molecule has 9 nitrogen and oxygen atoms in total. The number of likely N-dealkylation sites (tertiary alicyclic amines) is 1. The Kier molecular flexibility index (Phi) is 15.0. The molecule has 2 unspecified atom stereocenters. The zero-order chi connectivity index (χ0) is 28.6.